The van der Waals surface area contributed by atoms with Gasteiger partial charge < -0.3 is 10.2 Å². The van der Waals surface area contributed by atoms with Gasteiger partial charge in [0, 0.05) is 35.9 Å². The predicted molar refractivity (Wildman–Crippen MR) is 66.7 cm³/mol. The van der Waals surface area contributed by atoms with E-state index in [1.807, 2.05) is 11.4 Å². The van der Waals surface area contributed by atoms with Gasteiger partial charge in [0.2, 0.25) is 0 Å². The Balaban J connectivity index is 1.58. The molecule has 0 bridgehead atoms. The molecule has 0 radical (unpaired) electrons. The molecule has 1 aliphatic rings. The van der Waals surface area contributed by atoms with Gasteiger partial charge in [0.25, 0.3) is 0 Å². The van der Waals surface area contributed by atoms with Crippen molar-refractivity contribution in [2.45, 2.75) is 25.4 Å². The highest BCUT2D eigenvalue weighted by Gasteiger charge is 2.25. The minimum atomic E-state index is 0.854. The van der Waals surface area contributed by atoms with E-state index in [0.29, 0.717) is 0 Å². The van der Waals surface area contributed by atoms with Crippen LogP contribution in [-0.2, 0) is 6.54 Å². The third-order valence-electron chi connectivity index (χ3n) is 2.73. The molecule has 84 valence electrons. The van der Waals surface area contributed by atoms with E-state index >= 15 is 0 Å². The van der Waals surface area contributed by atoms with Gasteiger partial charge in [-0.1, -0.05) is 11.6 Å². The van der Waals surface area contributed by atoms with Crippen molar-refractivity contribution in [3.05, 3.63) is 21.3 Å². The highest BCUT2D eigenvalue weighted by Crippen LogP contribution is 2.24. The van der Waals surface area contributed by atoms with Crippen LogP contribution in [0, 0.1) is 0 Å². The number of nitrogens with zero attached hydrogens (tertiary/aromatic N) is 1. The number of hydrogen-bond acceptors (Lipinski definition) is 3. The van der Waals surface area contributed by atoms with Gasteiger partial charge in [-0.3, -0.25) is 0 Å². The first-order valence-electron chi connectivity index (χ1n) is 5.39. The summed E-state index contributed by atoms with van der Waals surface area (Å²) in [6, 6.07) is 2.90. The lowest BCUT2D eigenvalue weighted by Crippen LogP contribution is -2.30. The fourth-order valence-electron chi connectivity index (χ4n) is 1.61. The molecule has 1 saturated carbocycles. The van der Waals surface area contributed by atoms with Crippen molar-refractivity contribution >= 4 is 22.9 Å². The molecule has 0 aliphatic heterocycles. The van der Waals surface area contributed by atoms with Crippen molar-refractivity contribution < 1.29 is 0 Å². The summed E-state index contributed by atoms with van der Waals surface area (Å²) in [5, 5.41) is 6.27. The molecule has 15 heavy (non-hydrogen) atoms. The van der Waals surface area contributed by atoms with Crippen LogP contribution in [0.5, 0.6) is 0 Å². The Morgan fingerprint density at radius 2 is 2.40 bits per heavy atom. The summed E-state index contributed by atoms with van der Waals surface area (Å²) in [7, 11) is 2.21. The quantitative estimate of drug-likeness (QED) is 0.774. The van der Waals surface area contributed by atoms with Crippen LogP contribution in [0.3, 0.4) is 0 Å². The normalized spacial score (nSPS) is 16.2. The number of likely N-dealkylation sites (N-methyl/N-ethyl adjacent to an activating group) is 1. The largest absolute Gasteiger partial charge is 0.311 e. The molecule has 1 aromatic rings. The standard InChI is InChI=1S/C11H17ClN2S/c1-14(10-2-3-10)5-4-13-7-11-6-9(12)8-15-11/h6,8,10,13H,2-5,7H2,1H3. The number of thiophene rings is 1. The lowest BCUT2D eigenvalue weighted by molar-refractivity contribution is 0.322. The molecule has 2 rings (SSSR count). The van der Waals surface area contributed by atoms with Crippen molar-refractivity contribution in [2.75, 3.05) is 20.1 Å². The summed E-state index contributed by atoms with van der Waals surface area (Å²) in [4.78, 5) is 3.75. The van der Waals surface area contributed by atoms with Crippen molar-refractivity contribution in [3.8, 4) is 0 Å². The Morgan fingerprint density at radius 1 is 1.60 bits per heavy atom. The summed E-state index contributed by atoms with van der Waals surface area (Å²) in [6.45, 7) is 3.14. The molecule has 4 heteroatoms. The zero-order valence-electron chi connectivity index (χ0n) is 9.00. The highest BCUT2D eigenvalue weighted by atomic mass is 35.5. The first-order chi connectivity index (χ1) is 7.25. The molecule has 0 aromatic carbocycles. The van der Waals surface area contributed by atoms with Gasteiger partial charge in [-0.15, -0.1) is 11.3 Å². The molecule has 1 aromatic heterocycles. The second-order valence-corrected chi connectivity index (χ2v) is 5.55. The second kappa shape index (κ2) is 5.30. The topological polar surface area (TPSA) is 15.3 Å². The van der Waals surface area contributed by atoms with Crippen molar-refractivity contribution in [2.24, 2.45) is 0 Å². The van der Waals surface area contributed by atoms with Gasteiger partial charge in [0.1, 0.15) is 0 Å². The number of nitrogens with one attached hydrogen (secondary N) is 1. The molecular weight excluding hydrogens is 228 g/mol. The summed E-state index contributed by atoms with van der Waals surface area (Å²) in [5.41, 5.74) is 0. The van der Waals surface area contributed by atoms with E-state index < -0.39 is 0 Å². The van der Waals surface area contributed by atoms with Crippen molar-refractivity contribution in [1.29, 1.82) is 0 Å². The minimum Gasteiger partial charge on any atom is -0.311 e. The van der Waals surface area contributed by atoms with E-state index in [-0.39, 0.29) is 0 Å². The zero-order chi connectivity index (χ0) is 10.7. The molecule has 1 N–H and O–H groups in total. The molecule has 1 fully saturated rings. The van der Waals surface area contributed by atoms with Gasteiger partial charge in [-0.25, -0.2) is 0 Å². The Kier molecular flexibility index (Phi) is 4.03. The average molecular weight is 245 g/mol. The first-order valence-corrected chi connectivity index (χ1v) is 6.65. The van der Waals surface area contributed by atoms with E-state index in [1.165, 1.54) is 17.7 Å². The Morgan fingerprint density at radius 3 is 3.00 bits per heavy atom. The van der Waals surface area contributed by atoms with Crippen LogP contribution in [0.4, 0.5) is 0 Å². The molecule has 1 heterocycles. The van der Waals surface area contributed by atoms with Crippen LogP contribution in [0.15, 0.2) is 11.4 Å². The first kappa shape index (κ1) is 11.4. The fraction of sp³-hybridized carbons (Fsp3) is 0.636. The van der Waals surface area contributed by atoms with E-state index in [1.54, 1.807) is 11.3 Å². The molecule has 0 saturated heterocycles. The lowest BCUT2D eigenvalue weighted by Gasteiger charge is -2.15. The van der Waals surface area contributed by atoms with Gasteiger partial charge in [-0.05, 0) is 26.0 Å². The van der Waals surface area contributed by atoms with Crippen LogP contribution in [0.1, 0.15) is 17.7 Å². The summed E-state index contributed by atoms with van der Waals surface area (Å²) in [6.07, 6.45) is 2.77. The zero-order valence-corrected chi connectivity index (χ0v) is 10.6. The molecule has 1 aliphatic carbocycles. The van der Waals surface area contributed by atoms with Crippen LogP contribution >= 0.6 is 22.9 Å². The summed E-state index contributed by atoms with van der Waals surface area (Å²) in [5.74, 6) is 0. The SMILES string of the molecule is CN(CCNCc1cc(Cl)cs1)C1CC1. The molecule has 2 nitrogen and oxygen atoms in total. The van der Waals surface area contributed by atoms with Crippen LogP contribution in [0.25, 0.3) is 0 Å². The van der Waals surface area contributed by atoms with Crippen LogP contribution < -0.4 is 5.32 Å². The third-order valence-corrected chi connectivity index (χ3v) is 4.02. The summed E-state index contributed by atoms with van der Waals surface area (Å²) >= 11 is 7.57. The molecule has 0 amide bonds. The Labute approximate surface area is 100 Å². The van der Waals surface area contributed by atoms with Gasteiger partial charge in [0.15, 0.2) is 0 Å². The number of hydrogen-bond donors (Lipinski definition) is 1. The maximum atomic E-state index is 5.85. The van der Waals surface area contributed by atoms with Gasteiger partial charge in [-0.2, -0.15) is 0 Å². The predicted octanol–water partition coefficient (Wildman–Crippen LogP) is 2.59. The molecule has 0 spiro atoms. The van der Waals surface area contributed by atoms with Crippen LogP contribution in [0.2, 0.25) is 5.02 Å². The van der Waals surface area contributed by atoms with Gasteiger partial charge >= 0.3 is 0 Å². The van der Waals surface area contributed by atoms with E-state index in [0.717, 1.165) is 30.7 Å². The monoisotopic (exact) mass is 244 g/mol. The van der Waals surface area contributed by atoms with Crippen LogP contribution in [-0.4, -0.2) is 31.1 Å². The van der Waals surface area contributed by atoms with Crippen molar-refractivity contribution in [3.63, 3.8) is 0 Å². The third kappa shape index (κ3) is 3.76. The van der Waals surface area contributed by atoms with E-state index in [2.05, 4.69) is 17.3 Å². The number of halogens is 1. The minimum absolute atomic E-state index is 0.854. The lowest BCUT2D eigenvalue weighted by atomic mass is 10.4. The van der Waals surface area contributed by atoms with E-state index in [4.69, 9.17) is 11.6 Å². The van der Waals surface area contributed by atoms with E-state index in [9.17, 15) is 0 Å². The van der Waals surface area contributed by atoms with Gasteiger partial charge in [0.05, 0.1) is 5.02 Å². The molecule has 0 unspecified atom stereocenters. The highest BCUT2D eigenvalue weighted by molar-refractivity contribution is 7.10. The number of rotatable bonds is 6. The van der Waals surface area contributed by atoms with Crippen molar-refractivity contribution in [1.82, 2.24) is 10.2 Å². The maximum Gasteiger partial charge on any atom is 0.0516 e. The maximum absolute atomic E-state index is 5.85. The smallest absolute Gasteiger partial charge is 0.0516 e. The molecule has 0 atom stereocenters. The Hall–Kier alpha value is -0.0900. The average Bonchev–Trinajstić information content (AvgIpc) is 2.98. The molecular formula is C11H17ClN2S. The fourth-order valence-corrected chi connectivity index (χ4v) is 2.65. The summed E-state index contributed by atoms with van der Waals surface area (Å²) < 4.78 is 0. The Bertz CT molecular complexity index is 309. The second-order valence-electron chi connectivity index (χ2n) is 4.12.